The number of carboxylic acid groups (broad SMARTS) is 1. The fourth-order valence-electron chi connectivity index (χ4n) is 4.35. The largest absolute Gasteiger partial charge is 1.00 e. The van der Waals surface area contributed by atoms with E-state index in [-0.39, 0.29) is 26.1 Å². The number of benzene rings is 3. The smallest absolute Gasteiger partial charge is 1.00 e. The molecule has 0 spiro atoms. The van der Waals surface area contributed by atoms with Crippen LogP contribution in [-0.2, 0) is 22.6 Å². The Kier molecular flexibility index (Phi) is 12.3. The molecule has 4 rings (SSSR count). The summed E-state index contributed by atoms with van der Waals surface area (Å²) in [7, 11) is 0. The number of furan rings is 1. The predicted octanol–water partition coefficient (Wildman–Crippen LogP) is 3.87. The van der Waals surface area contributed by atoms with E-state index in [2.05, 4.69) is 5.32 Å². The van der Waals surface area contributed by atoms with Crippen LogP contribution >= 0.6 is 11.8 Å². The minimum Gasteiger partial charge on any atom is -1.00 e. The van der Waals surface area contributed by atoms with E-state index in [4.69, 9.17) is 9.15 Å². The van der Waals surface area contributed by atoms with Crippen molar-refractivity contribution in [3.05, 3.63) is 107 Å². The summed E-state index contributed by atoms with van der Waals surface area (Å²) in [6, 6.07) is 22.2. The Labute approximate surface area is 257 Å². The van der Waals surface area contributed by atoms with Crippen molar-refractivity contribution in [2.75, 3.05) is 18.6 Å². The van der Waals surface area contributed by atoms with Gasteiger partial charge in [0.25, 0.3) is 5.91 Å². The number of rotatable bonds is 13. The second-order valence-electron chi connectivity index (χ2n) is 9.42. The summed E-state index contributed by atoms with van der Waals surface area (Å²) in [4.78, 5) is 24.9. The molecule has 3 aromatic carbocycles. The van der Waals surface area contributed by atoms with Gasteiger partial charge in [-0.15, -0.1) is 0 Å². The van der Waals surface area contributed by atoms with Crippen LogP contribution in [0, 0.1) is 12.7 Å². The Morgan fingerprint density at radius 2 is 1.80 bits per heavy atom. The number of halogens is 1. The van der Waals surface area contributed by atoms with Gasteiger partial charge in [-0.25, -0.2) is 9.18 Å². The summed E-state index contributed by atoms with van der Waals surface area (Å²) in [6.07, 6.45) is 2.81. The number of ether oxygens (including phenoxy) is 1. The van der Waals surface area contributed by atoms with E-state index in [1.54, 1.807) is 18.2 Å². The maximum absolute atomic E-state index is 13.2. The Hall–Kier alpha value is -3.28. The molecular weight excluding hydrogens is 536 g/mol. The van der Waals surface area contributed by atoms with Gasteiger partial charge < -0.3 is 21.0 Å². The third kappa shape index (κ3) is 8.85. The fourth-order valence-corrected chi connectivity index (χ4v) is 4.82. The molecular formula is C32H33FLiNO5S. The van der Waals surface area contributed by atoms with Gasteiger partial charge in [0, 0.05) is 17.5 Å². The summed E-state index contributed by atoms with van der Waals surface area (Å²) in [6.45, 7) is 2.73. The summed E-state index contributed by atoms with van der Waals surface area (Å²) in [5.41, 5.74) is 4.73. The standard InChI is InChI=1S/C32H32FNO5S.Li.H/c1-21-5-3-4-6-26(21)28-19-22(7-13-27(28)31(35)34-29(32(36)37)16-18-40-2)20-38-17-15-25-12-14-30(39-25)23-8-10-24(33)11-9-23;;/h3-14,19,29H,15-18,20H2,1-2H3,(H,34,35)(H,36,37);;/q;+1;-1/t29-;;/m0../s1. The number of amides is 1. The summed E-state index contributed by atoms with van der Waals surface area (Å²) < 4.78 is 25.0. The van der Waals surface area contributed by atoms with Gasteiger partial charge in [-0.3, -0.25) is 4.79 Å². The molecule has 0 aliphatic rings. The minimum atomic E-state index is -1.05. The number of hydrogen-bond acceptors (Lipinski definition) is 5. The number of carbonyl (C=O) groups is 2. The number of carbonyl (C=O) groups excluding carboxylic acids is 1. The van der Waals surface area contributed by atoms with Crippen LogP contribution in [0.3, 0.4) is 0 Å². The number of carboxylic acids is 1. The maximum atomic E-state index is 13.2. The molecule has 2 N–H and O–H groups in total. The molecule has 0 radical (unpaired) electrons. The van der Waals surface area contributed by atoms with Crippen molar-refractivity contribution >= 4 is 23.6 Å². The first-order valence-electron chi connectivity index (χ1n) is 13.0. The second-order valence-corrected chi connectivity index (χ2v) is 10.4. The average Bonchev–Trinajstić information content (AvgIpc) is 3.42. The zero-order chi connectivity index (χ0) is 28.5. The van der Waals surface area contributed by atoms with E-state index in [1.807, 2.05) is 61.7 Å². The molecule has 6 nitrogen and oxygen atoms in total. The Morgan fingerprint density at radius 3 is 2.51 bits per heavy atom. The molecule has 41 heavy (non-hydrogen) atoms. The fraction of sp³-hybridized carbons (Fsp3) is 0.250. The summed E-state index contributed by atoms with van der Waals surface area (Å²) in [5, 5.41) is 12.3. The van der Waals surface area contributed by atoms with E-state index in [1.165, 1.54) is 23.9 Å². The third-order valence-electron chi connectivity index (χ3n) is 6.53. The van der Waals surface area contributed by atoms with Crippen LogP contribution in [0.4, 0.5) is 4.39 Å². The van der Waals surface area contributed by atoms with Crippen LogP contribution in [0.25, 0.3) is 22.5 Å². The molecule has 0 aliphatic heterocycles. The van der Waals surface area contributed by atoms with Crippen molar-refractivity contribution in [3.8, 4) is 22.5 Å². The van der Waals surface area contributed by atoms with Crippen LogP contribution in [0.5, 0.6) is 0 Å². The van der Waals surface area contributed by atoms with Gasteiger partial charge in [0.15, 0.2) is 0 Å². The van der Waals surface area contributed by atoms with Crippen molar-refractivity contribution in [1.82, 2.24) is 5.32 Å². The van der Waals surface area contributed by atoms with Crippen molar-refractivity contribution in [3.63, 3.8) is 0 Å². The topological polar surface area (TPSA) is 88.8 Å². The second kappa shape index (κ2) is 15.6. The number of thioether (sulfide) groups is 1. The molecule has 0 saturated carbocycles. The molecule has 0 bridgehead atoms. The molecule has 0 fully saturated rings. The van der Waals surface area contributed by atoms with Gasteiger partial charge in [0.2, 0.25) is 0 Å². The molecule has 0 saturated heterocycles. The SMILES string of the molecule is CSCC[C@H](NC(=O)c1ccc(COCCc2ccc(-c3ccc(F)cc3)o2)cc1-c1ccccc1C)C(=O)O.[H-].[Li+]. The zero-order valence-corrected chi connectivity index (χ0v) is 24.3. The molecule has 0 aliphatic carbocycles. The average molecular weight is 570 g/mol. The molecule has 1 atom stereocenters. The third-order valence-corrected chi connectivity index (χ3v) is 7.17. The quantitative estimate of drug-likeness (QED) is 0.188. The van der Waals surface area contributed by atoms with Crippen LogP contribution < -0.4 is 24.2 Å². The molecule has 4 aromatic rings. The van der Waals surface area contributed by atoms with Crippen molar-refractivity contribution in [1.29, 1.82) is 0 Å². The van der Waals surface area contributed by atoms with E-state index in [0.29, 0.717) is 43.1 Å². The Morgan fingerprint density at radius 1 is 1.05 bits per heavy atom. The van der Waals surface area contributed by atoms with Gasteiger partial charge in [0.1, 0.15) is 23.4 Å². The maximum Gasteiger partial charge on any atom is 1.00 e. The molecule has 210 valence electrons. The molecule has 1 amide bonds. The monoisotopic (exact) mass is 569 g/mol. The van der Waals surface area contributed by atoms with Crippen LogP contribution in [0.2, 0.25) is 0 Å². The molecule has 9 heteroatoms. The van der Waals surface area contributed by atoms with Crippen LogP contribution in [0.1, 0.15) is 35.1 Å². The molecule has 0 unspecified atom stereocenters. The minimum absolute atomic E-state index is 0. The van der Waals surface area contributed by atoms with Gasteiger partial charge >= 0.3 is 24.8 Å². The van der Waals surface area contributed by atoms with Crippen molar-refractivity contribution in [2.24, 2.45) is 0 Å². The first kappa shape index (κ1) is 32.2. The number of aryl methyl sites for hydroxylation is 1. The molecule has 1 aromatic heterocycles. The van der Waals surface area contributed by atoms with Gasteiger partial charge in [-0.2, -0.15) is 11.8 Å². The summed E-state index contributed by atoms with van der Waals surface area (Å²) in [5.74, 6) is 0.301. The van der Waals surface area contributed by atoms with E-state index in [0.717, 1.165) is 33.6 Å². The number of hydrogen-bond donors (Lipinski definition) is 2. The molecule has 1 heterocycles. The van der Waals surface area contributed by atoms with Crippen molar-refractivity contribution < 1.29 is 48.5 Å². The normalized spacial score (nSPS) is 11.5. The predicted molar refractivity (Wildman–Crippen MR) is 157 cm³/mol. The van der Waals surface area contributed by atoms with Crippen molar-refractivity contribution in [2.45, 2.75) is 32.4 Å². The first-order chi connectivity index (χ1) is 19.4. The zero-order valence-electron chi connectivity index (χ0n) is 24.5. The van der Waals surface area contributed by atoms with Gasteiger partial charge in [-0.1, -0.05) is 30.3 Å². The Bertz CT molecular complexity index is 1460. The Balaban J connectivity index is 0.00000308. The van der Waals surface area contributed by atoms with Gasteiger partial charge in [-0.05, 0) is 96.1 Å². The van der Waals surface area contributed by atoms with E-state index in [9.17, 15) is 19.1 Å². The van der Waals surface area contributed by atoms with Crippen LogP contribution in [-0.4, -0.2) is 41.6 Å². The van der Waals surface area contributed by atoms with E-state index < -0.39 is 17.9 Å². The van der Waals surface area contributed by atoms with Crippen LogP contribution in [0.15, 0.2) is 83.3 Å². The van der Waals surface area contributed by atoms with Gasteiger partial charge in [0.05, 0.1) is 13.2 Å². The summed E-state index contributed by atoms with van der Waals surface area (Å²) >= 11 is 1.54. The first-order valence-corrected chi connectivity index (χ1v) is 14.4. The number of nitrogens with one attached hydrogen (secondary N) is 1. The number of aliphatic carboxylic acids is 1. The van der Waals surface area contributed by atoms with E-state index >= 15 is 0 Å².